The molecule has 3 nitrogen and oxygen atoms in total. The Balaban J connectivity index is 2.13. The summed E-state index contributed by atoms with van der Waals surface area (Å²) in [5.74, 6) is 1.63. The van der Waals surface area contributed by atoms with Gasteiger partial charge in [-0.25, -0.2) is 0 Å². The van der Waals surface area contributed by atoms with Gasteiger partial charge in [-0.3, -0.25) is 0 Å². The molecule has 1 aromatic carbocycles. The van der Waals surface area contributed by atoms with Crippen molar-refractivity contribution in [3.8, 4) is 5.75 Å². The minimum absolute atomic E-state index is 0.187. The lowest BCUT2D eigenvalue weighted by atomic mass is 9.85. The highest BCUT2D eigenvalue weighted by Crippen LogP contribution is 2.40. The van der Waals surface area contributed by atoms with Crippen LogP contribution in [-0.2, 0) is 0 Å². The number of hydrogen-bond acceptors (Lipinski definition) is 3. The summed E-state index contributed by atoms with van der Waals surface area (Å²) in [5.41, 5.74) is 7.20. The predicted molar refractivity (Wildman–Crippen MR) is 80.8 cm³/mol. The SMILES string of the molecule is CCOc1ccc(N2CCC(CCN)C2(C)C)cc1. The zero-order chi connectivity index (χ0) is 13.9. The molecule has 0 saturated carbocycles. The van der Waals surface area contributed by atoms with Crippen molar-refractivity contribution >= 4 is 5.69 Å². The van der Waals surface area contributed by atoms with Crippen molar-refractivity contribution in [3.05, 3.63) is 24.3 Å². The van der Waals surface area contributed by atoms with Crippen molar-refractivity contribution in [2.45, 2.75) is 39.2 Å². The molecule has 1 aliphatic heterocycles. The van der Waals surface area contributed by atoms with E-state index in [2.05, 4.69) is 43.0 Å². The van der Waals surface area contributed by atoms with Gasteiger partial charge in [-0.2, -0.15) is 0 Å². The van der Waals surface area contributed by atoms with Crippen LogP contribution in [0.5, 0.6) is 5.75 Å². The average Bonchev–Trinajstić information content (AvgIpc) is 2.67. The zero-order valence-corrected chi connectivity index (χ0v) is 12.4. The Kier molecular flexibility index (Phi) is 4.35. The van der Waals surface area contributed by atoms with E-state index >= 15 is 0 Å². The number of benzene rings is 1. The molecule has 0 radical (unpaired) electrons. The summed E-state index contributed by atoms with van der Waals surface area (Å²) in [4.78, 5) is 2.50. The van der Waals surface area contributed by atoms with Crippen molar-refractivity contribution in [1.82, 2.24) is 0 Å². The van der Waals surface area contributed by atoms with Gasteiger partial charge in [0.1, 0.15) is 5.75 Å². The van der Waals surface area contributed by atoms with Gasteiger partial charge in [-0.05, 0) is 70.3 Å². The van der Waals surface area contributed by atoms with Crippen LogP contribution in [0, 0.1) is 5.92 Å². The number of rotatable bonds is 5. The normalized spacial score (nSPS) is 21.7. The molecular weight excluding hydrogens is 236 g/mol. The van der Waals surface area contributed by atoms with E-state index in [1.54, 1.807) is 0 Å². The first-order valence-corrected chi connectivity index (χ1v) is 7.30. The summed E-state index contributed by atoms with van der Waals surface area (Å²) < 4.78 is 5.50. The number of nitrogens with two attached hydrogens (primary N) is 1. The third-order valence-electron chi connectivity index (χ3n) is 4.37. The Hall–Kier alpha value is -1.22. The number of nitrogens with zero attached hydrogens (tertiary/aromatic N) is 1. The quantitative estimate of drug-likeness (QED) is 0.886. The van der Waals surface area contributed by atoms with Crippen LogP contribution in [0.15, 0.2) is 24.3 Å². The van der Waals surface area contributed by atoms with Crippen LogP contribution in [-0.4, -0.2) is 25.2 Å². The van der Waals surface area contributed by atoms with E-state index in [1.807, 2.05) is 6.92 Å². The fraction of sp³-hybridized carbons (Fsp3) is 0.625. The Morgan fingerprint density at radius 2 is 2.00 bits per heavy atom. The molecule has 106 valence electrons. The van der Waals surface area contributed by atoms with Crippen molar-refractivity contribution in [3.63, 3.8) is 0 Å². The maximum absolute atomic E-state index is 5.73. The molecule has 1 aromatic rings. The summed E-state index contributed by atoms with van der Waals surface area (Å²) >= 11 is 0. The monoisotopic (exact) mass is 262 g/mol. The molecule has 0 spiro atoms. The number of hydrogen-bond donors (Lipinski definition) is 1. The zero-order valence-electron chi connectivity index (χ0n) is 12.4. The second kappa shape index (κ2) is 5.83. The van der Waals surface area contributed by atoms with E-state index in [-0.39, 0.29) is 5.54 Å². The Labute approximate surface area is 116 Å². The second-order valence-electron chi connectivity index (χ2n) is 5.80. The van der Waals surface area contributed by atoms with Gasteiger partial charge in [0.15, 0.2) is 0 Å². The molecule has 2 rings (SSSR count). The van der Waals surface area contributed by atoms with E-state index < -0.39 is 0 Å². The molecule has 3 heteroatoms. The first kappa shape index (κ1) is 14.2. The van der Waals surface area contributed by atoms with Crippen LogP contribution in [0.3, 0.4) is 0 Å². The lowest BCUT2D eigenvalue weighted by molar-refractivity contribution is 0.339. The fourth-order valence-electron chi connectivity index (χ4n) is 3.20. The van der Waals surface area contributed by atoms with Crippen LogP contribution in [0.2, 0.25) is 0 Å². The van der Waals surface area contributed by atoms with Crippen LogP contribution >= 0.6 is 0 Å². The highest BCUT2D eigenvalue weighted by molar-refractivity contribution is 5.52. The molecule has 19 heavy (non-hydrogen) atoms. The standard InChI is InChI=1S/C16H26N2O/c1-4-19-15-7-5-14(6-8-15)18-12-10-13(9-11-17)16(18,2)3/h5-8,13H,4,9-12,17H2,1-3H3. The Morgan fingerprint density at radius 3 is 2.58 bits per heavy atom. The van der Waals surface area contributed by atoms with E-state index in [0.717, 1.165) is 25.3 Å². The van der Waals surface area contributed by atoms with Gasteiger partial charge in [-0.1, -0.05) is 0 Å². The third-order valence-corrected chi connectivity index (χ3v) is 4.37. The smallest absolute Gasteiger partial charge is 0.119 e. The summed E-state index contributed by atoms with van der Waals surface area (Å²) in [5, 5.41) is 0. The largest absolute Gasteiger partial charge is 0.494 e. The van der Waals surface area contributed by atoms with E-state index in [0.29, 0.717) is 12.5 Å². The van der Waals surface area contributed by atoms with Crippen molar-refractivity contribution in [1.29, 1.82) is 0 Å². The van der Waals surface area contributed by atoms with Crippen molar-refractivity contribution < 1.29 is 4.74 Å². The topological polar surface area (TPSA) is 38.5 Å². The summed E-state index contributed by atoms with van der Waals surface area (Å²) in [7, 11) is 0. The van der Waals surface area contributed by atoms with Crippen molar-refractivity contribution in [2.24, 2.45) is 11.7 Å². The Bertz CT molecular complexity index is 400. The molecule has 1 unspecified atom stereocenters. The third kappa shape index (κ3) is 2.86. The van der Waals surface area contributed by atoms with E-state index in [9.17, 15) is 0 Å². The van der Waals surface area contributed by atoms with Gasteiger partial charge in [0, 0.05) is 17.8 Å². The summed E-state index contributed by atoms with van der Waals surface area (Å²) in [6.07, 6.45) is 2.35. The summed E-state index contributed by atoms with van der Waals surface area (Å²) in [6, 6.07) is 8.45. The molecule has 0 amide bonds. The van der Waals surface area contributed by atoms with Gasteiger partial charge in [-0.15, -0.1) is 0 Å². The van der Waals surface area contributed by atoms with Gasteiger partial charge in [0.05, 0.1) is 6.61 Å². The molecule has 0 bridgehead atoms. The maximum atomic E-state index is 5.73. The number of anilines is 1. The lowest BCUT2D eigenvalue weighted by Crippen LogP contribution is -2.43. The van der Waals surface area contributed by atoms with Crippen molar-refractivity contribution in [2.75, 3.05) is 24.6 Å². The van der Waals surface area contributed by atoms with E-state index in [1.165, 1.54) is 12.1 Å². The second-order valence-corrected chi connectivity index (χ2v) is 5.80. The Morgan fingerprint density at radius 1 is 1.32 bits per heavy atom. The van der Waals surface area contributed by atoms with Gasteiger partial charge < -0.3 is 15.4 Å². The molecule has 1 aliphatic rings. The minimum atomic E-state index is 0.187. The molecule has 0 aromatic heterocycles. The lowest BCUT2D eigenvalue weighted by Gasteiger charge is -2.38. The van der Waals surface area contributed by atoms with Crippen LogP contribution in [0.1, 0.15) is 33.6 Å². The fourth-order valence-corrected chi connectivity index (χ4v) is 3.20. The molecule has 1 heterocycles. The van der Waals surface area contributed by atoms with Gasteiger partial charge in [0.2, 0.25) is 0 Å². The first-order valence-electron chi connectivity index (χ1n) is 7.30. The first-order chi connectivity index (χ1) is 9.09. The average molecular weight is 262 g/mol. The van der Waals surface area contributed by atoms with Gasteiger partial charge in [0.25, 0.3) is 0 Å². The van der Waals surface area contributed by atoms with Crippen LogP contribution < -0.4 is 15.4 Å². The maximum Gasteiger partial charge on any atom is 0.119 e. The highest BCUT2D eigenvalue weighted by Gasteiger charge is 2.40. The molecule has 1 saturated heterocycles. The minimum Gasteiger partial charge on any atom is -0.494 e. The van der Waals surface area contributed by atoms with Crippen LogP contribution in [0.4, 0.5) is 5.69 Å². The van der Waals surface area contributed by atoms with Crippen LogP contribution in [0.25, 0.3) is 0 Å². The van der Waals surface area contributed by atoms with E-state index in [4.69, 9.17) is 10.5 Å². The predicted octanol–water partition coefficient (Wildman–Crippen LogP) is 3.04. The molecular formula is C16H26N2O. The molecule has 0 aliphatic carbocycles. The number of ether oxygens (including phenoxy) is 1. The molecule has 1 atom stereocenters. The summed E-state index contributed by atoms with van der Waals surface area (Å²) in [6.45, 7) is 9.28. The molecule has 2 N–H and O–H groups in total. The van der Waals surface area contributed by atoms with Gasteiger partial charge >= 0.3 is 0 Å². The molecule has 1 fully saturated rings. The highest BCUT2D eigenvalue weighted by atomic mass is 16.5.